The van der Waals surface area contributed by atoms with Crippen molar-refractivity contribution < 1.29 is 4.79 Å². The van der Waals surface area contributed by atoms with Crippen LogP contribution in [0.4, 0.5) is 0 Å². The summed E-state index contributed by atoms with van der Waals surface area (Å²) >= 11 is 0. The number of carbonyl (C=O) groups is 1. The second kappa shape index (κ2) is 7.37. The van der Waals surface area contributed by atoms with E-state index in [4.69, 9.17) is 4.99 Å². The van der Waals surface area contributed by atoms with E-state index in [1.807, 2.05) is 19.2 Å². The van der Waals surface area contributed by atoms with Gasteiger partial charge in [-0.25, -0.2) is 0 Å². The normalized spacial score (nSPS) is 20.0. The zero-order chi connectivity index (χ0) is 20.0. The average molecular weight is 385 g/mol. The number of hydrogen-bond acceptors (Lipinski definition) is 3. The molecule has 1 aromatic carbocycles. The molecule has 0 saturated heterocycles. The van der Waals surface area contributed by atoms with Gasteiger partial charge in [-0.3, -0.25) is 14.8 Å². The van der Waals surface area contributed by atoms with Gasteiger partial charge in [0.2, 0.25) is 0 Å². The van der Waals surface area contributed by atoms with Crippen molar-refractivity contribution >= 4 is 17.6 Å². The molecule has 1 atom stereocenters. The van der Waals surface area contributed by atoms with E-state index in [1.54, 1.807) is 0 Å². The van der Waals surface area contributed by atoms with Gasteiger partial charge in [0, 0.05) is 29.4 Å². The van der Waals surface area contributed by atoms with Gasteiger partial charge < -0.3 is 0 Å². The van der Waals surface area contributed by atoms with Gasteiger partial charge in [-0.1, -0.05) is 32.3 Å². The third-order valence-corrected chi connectivity index (χ3v) is 7.03. The Morgan fingerprint density at radius 1 is 1.07 bits per heavy atom. The number of carbonyl (C=O) groups excluding carboxylic acids is 1. The molecule has 0 bridgehead atoms. The van der Waals surface area contributed by atoms with Gasteiger partial charge in [-0.2, -0.15) is 0 Å². The zero-order valence-corrected chi connectivity index (χ0v) is 17.4. The van der Waals surface area contributed by atoms with E-state index in [9.17, 15) is 4.79 Å². The third-order valence-electron chi connectivity index (χ3n) is 7.03. The maximum atomic E-state index is 13.0. The van der Waals surface area contributed by atoms with Crippen LogP contribution >= 0.6 is 0 Å². The van der Waals surface area contributed by atoms with E-state index in [-0.39, 0.29) is 0 Å². The number of rotatable bonds is 3. The summed E-state index contributed by atoms with van der Waals surface area (Å²) in [5, 5.41) is 0. The lowest BCUT2D eigenvalue weighted by atomic mass is 9.74. The van der Waals surface area contributed by atoms with Crippen LogP contribution < -0.4 is 0 Å². The molecule has 3 nitrogen and oxygen atoms in total. The minimum absolute atomic E-state index is 0.319. The molecule has 29 heavy (non-hydrogen) atoms. The van der Waals surface area contributed by atoms with E-state index in [0.29, 0.717) is 30.6 Å². The van der Waals surface area contributed by atoms with Crippen LogP contribution in [0.5, 0.6) is 0 Å². The third kappa shape index (κ3) is 3.37. The Morgan fingerprint density at radius 2 is 1.90 bits per heavy atom. The Labute approximate surface area is 173 Å². The molecular formula is C26H28N2O. The van der Waals surface area contributed by atoms with Gasteiger partial charge in [0.05, 0.1) is 12.3 Å². The Hall–Kier alpha value is -2.55. The van der Waals surface area contributed by atoms with Crippen molar-refractivity contribution in [1.82, 2.24) is 4.98 Å². The number of allylic oxidation sites excluding steroid dienone is 1. The van der Waals surface area contributed by atoms with Crippen molar-refractivity contribution in [3.8, 4) is 0 Å². The summed E-state index contributed by atoms with van der Waals surface area (Å²) in [6.45, 7) is 4.98. The van der Waals surface area contributed by atoms with Crippen molar-refractivity contribution in [2.24, 2.45) is 16.8 Å². The van der Waals surface area contributed by atoms with Crippen molar-refractivity contribution in [2.75, 3.05) is 0 Å². The largest absolute Gasteiger partial charge is 0.294 e. The molecule has 1 aliphatic heterocycles. The van der Waals surface area contributed by atoms with Crippen molar-refractivity contribution in [3.05, 3.63) is 69.5 Å². The lowest BCUT2D eigenvalue weighted by Crippen LogP contribution is -2.24. The van der Waals surface area contributed by atoms with Crippen LogP contribution in [0.1, 0.15) is 72.5 Å². The number of fused-ring (bicyclic) bond motifs is 2. The first-order valence-electron chi connectivity index (χ1n) is 11.0. The highest BCUT2D eigenvalue weighted by atomic mass is 16.1. The second-order valence-electron chi connectivity index (χ2n) is 8.95. The van der Waals surface area contributed by atoms with E-state index >= 15 is 0 Å². The Bertz CT molecular complexity index is 1040. The number of pyridine rings is 1. The quantitative estimate of drug-likeness (QED) is 0.704. The number of aromatic nitrogens is 1. The predicted octanol–water partition coefficient (Wildman–Crippen LogP) is 5.47. The van der Waals surface area contributed by atoms with E-state index in [2.05, 4.69) is 36.2 Å². The van der Waals surface area contributed by atoms with Crippen LogP contribution in [0.25, 0.3) is 6.08 Å². The van der Waals surface area contributed by atoms with E-state index < -0.39 is 0 Å². The molecule has 148 valence electrons. The molecule has 1 aromatic heterocycles. The van der Waals surface area contributed by atoms with Gasteiger partial charge in [-0.15, -0.1) is 0 Å². The highest BCUT2D eigenvalue weighted by Gasteiger charge is 2.30. The van der Waals surface area contributed by atoms with E-state index in [1.165, 1.54) is 48.8 Å². The molecule has 1 unspecified atom stereocenters. The summed E-state index contributed by atoms with van der Waals surface area (Å²) in [6, 6.07) is 8.62. The molecule has 1 fully saturated rings. The fourth-order valence-corrected chi connectivity index (χ4v) is 5.34. The summed E-state index contributed by atoms with van der Waals surface area (Å²) in [7, 11) is 0. The van der Waals surface area contributed by atoms with Crippen LogP contribution in [0.3, 0.4) is 0 Å². The lowest BCUT2D eigenvalue weighted by Gasteiger charge is -2.30. The fraction of sp³-hybridized carbons (Fsp3) is 0.423. The number of hydrogen-bond donors (Lipinski definition) is 0. The number of aliphatic imine (C=N–C) groups is 1. The SMILES string of the molecule is Cc1cc(C2=NCc3cc4c(cc32)C=C(C(C)C2CCCCC2)C(=O)C4)ccn1. The number of nitrogens with zero attached hydrogens (tertiary/aromatic N) is 2. The average Bonchev–Trinajstić information content (AvgIpc) is 3.14. The molecule has 3 heteroatoms. The van der Waals surface area contributed by atoms with Crippen LogP contribution in [0.15, 0.2) is 41.0 Å². The Kier molecular flexibility index (Phi) is 4.69. The van der Waals surface area contributed by atoms with E-state index in [0.717, 1.165) is 28.1 Å². The molecule has 2 heterocycles. The second-order valence-corrected chi connectivity index (χ2v) is 8.95. The van der Waals surface area contributed by atoms with Gasteiger partial charge in [0.15, 0.2) is 5.78 Å². The number of ketones is 1. The molecule has 0 amide bonds. The topological polar surface area (TPSA) is 42.3 Å². The van der Waals surface area contributed by atoms with Gasteiger partial charge in [0.1, 0.15) is 0 Å². The summed E-state index contributed by atoms with van der Waals surface area (Å²) < 4.78 is 0. The Morgan fingerprint density at radius 3 is 2.69 bits per heavy atom. The maximum Gasteiger partial charge on any atom is 0.163 e. The van der Waals surface area contributed by atoms with Crippen LogP contribution in [0, 0.1) is 18.8 Å². The summed E-state index contributed by atoms with van der Waals surface area (Å²) in [5.41, 5.74) is 9.05. The molecule has 1 saturated carbocycles. The van der Waals surface area contributed by atoms with Crippen molar-refractivity contribution in [3.63, 3.8) is 0 Å². The first kappa shape index (κ1) is 18.5. The first-order valence-corrected chi connectivity index (χ1v) is 11.0. The number of benzene rings is 1. The molecule has 0 spiro atoms. The minimum Gasteiger partial charge on any atom is -0.294 e. The molecule has 2 aliphatic carbocycles. The molecule has 2 aromatic rings. The van der Waals surface area contributed by atoms with Crippen molar-refractivity contribution in [2.45, 2.75) is 58.9 Å². The molecule has 0 N–H and O–H groups in total. The van der Waals surface area contributed by atoms with Crippen LogP contribution in [-0.4, -0.2) is 16.5 Å². The molecule has 0 radical (unpaired) electrons. The highest BCUT2D eigenvalue weighted by molar-refractivity contribution is 6.16. The standard InChI is InChI=1S/C26H28N2O/c1-16-10-19(8-9-27-16)26-24-13-21-12-23(17(2)18-6-4-3-5-7-18)25(29)14-20(21)11-22(24)15-28-26/h8-13,17-18H,3-7,14-15H2,1-2H3. The van der Waals surface area contributed by atoms with Crippen molar-refractivity contribution in [1.29, 1.82) is 0 Å². The van der Waals surface area contributed by atoms with Crippen LogP contribution in [-0.2, 0) is 17.8 Å². The van der Waals surface area contributed by atoms with Gasteiger partial charge >= 0.3 is 0 Å². The number of aryl methyl sites for hydroxylation is 1. The summed E-state index contributed by atoms with van der Waals surface area (Å²) in [4.78, 5) is 22.1. The predicted molar refractivity (Wildman–Crippen MR) is 117 cm³/mol. The molecular weight excluding hydrogens is 356 g/mol. The first-order chi connectivity index (χ1) is 14.1. The molecule has 3 aliphatic rings. The minimum atomic E-state index is 0.319. The zero-order valence-electron chi connectivity index (χ0n) is 17.4. The van der Waals surface area contributed by atoms with Gasteiger partial charge in [-0.05, 0) is 78.1 Å². The number of Topliss-reactive ketones (excluding diaryl/α,β-unsaturated/α-hetero) is 1. The van der Waals surface area contributed by atoms with Crippen LogP contribution in [0.2, 0.25) is 0 Å². The maximum absolute atomic E-state index is 13.0. The summed E-state index contributed by atoms with van der Waals surface area (Å²) in [6.07, 6.45) is 11.1. The smallest absolute Gasteiger partial charge is 0.163 e. The Balaban J connectivity index is 1.51. The monoisotopic (exact) mass is 384 g/mol. The fourth-order valence-electron chi connectivity index (χ4n) is 5.34. The highest BCUT2D eigenvalue weighted by Crippen LogP contribution is 2.38. The van der Waals surface area contributed by atoms with Gasteiger partial charge in [0.25, 0.3) is 0 Å². The molecule has 5 rings (SSSR count). The summed E-state index contributed by atoms with van der Waals surface area (Å²) in [5.74, 6) is 1.34. The lowest BCUT2D eigenvalue weighted by molar-refractivity contribution is -0.115.